The number of hydrogen-bond acceptors (Lipinski definition) is 4. The van der Waals surface area contributed by atoms with Crippen LogP contribution in [0, 0.1) is 0 Å². The molecule has 1 heterocycles. The molecule has 0 bridgehead atoms. The van der Waals surface area contributed by atoms with Gasteiger partial charge in [-0.25, -0.2) is 13.8 Å². The van der Waals surface area contributed by atoms with Crippen molar-refractivity contribution in [2.45, 2.75) is 11.6 Å². The smallest absolute Gasteiger partial charge is 0.272 e. The Morgan fingerprint density at radius 2 is 2.29 bits per heavy atom. The van der Waals surface area contributed by atoms with E-state index < -0.39 is 13.0 Å². The van der Waals surface area contributed by atoms with E-state index in [0.29, 0.717) is 5.16 Å². The van der Waals surface area contributed by atoms with Crippen LogP contribution in [0.2, 0.25) is 5.15 Å². The van der Waals surface area contributed by atoms with Gasteiger partial charge in [0.05, 0.1) is 0 Å². The Morgan fingerprint density at radius 1 is 1.57 bits per heavy atom. The summed E-state index contributed by atoms with van der Waals surface area (Å²) in [5.74, 6) is 0.0645. The monoisotopic (exact) mass is 240 g/mol. The molecule has 1 rings (SSSR count). The molecule has 0 aliphatic carbocycles. The second-order valence-electron chi connectivity index (χ2n) is 2.22. The Morgan fingerprint density at radius 3 is 2.86 bits per heavy atom. The van der Waals surface area contributed by atoms with Crippen molar-refractivity contribution in [3.05, 3.63) is 11.2 Å². The second kappa shape index (κ2) is 5.31. The van der Waals surface area contributed by atoms with Gasteiger partial charge in [-0.3, -0.25) is 0 Å². The van der Waals surface area contributed by atoms with Gasteiger partial charge in [0.25, 0.3) is 6.43 Å². The van der Waals surface area contributed by atoms with Crippen LogP contribution >= 0.6 is 23.4 Å². The lowest BCUT2D eigenvalue weighted by atomic mass is 10.6. The Bertz CT molecular complexity index is 314. The molecule has 0 atom stereocenters. The first kappa shape index (κ1) is 11.5. The zero-order valence-corrected chi connectivity index (χ0v) is 8.78. The van der Waals surface area contributed by atoms with Crippen molar-refractivity contribution in [3.63, 3.8) is 0 Å². The fourth-order valence-corrected chi connectivity index (χ4v) is 1.29. The molecule has 78 valence electrons. The van der Waals surface area contributed by atoms with Crippen molar-refractivity contribution in [2.24, 2.45) is 0 Å². The molecule has 0 aliphatic rings. The molecule has 0 aromatic carbocycles. The summed E-state index contributed by atoms with van der Waals surface area (Å²) in [5, 5.41) is 0.565. The van der Waals surface area contributed by atoms with Gasteiger partial charge in [-0.2, -0.15) is 4.98 Å². The molecule has 0 unspecified atom stereocenters. The average molecular weight is 241 g/mol. The minimum Gasteiger partial charge on any atom is -0.471 e. The van der Waals surface area contributed by atoms with E-state index in [4.69, 9.17) is 16.3 Å². The molecule has 0 N–H and O–H groups in total. The van der Waals surface area contributed by atoms with Crippen LogP contribution in [-0.4, -0.2) is 29.3 Å². The van der Waals surface area contributed by atoms with E-state index in [1.165, 1.54) is 17.8 Å². The van der Waals surface area contributed by atoms with E-state index in [9.17, 15) is 8.78 Å². The van der Waals surface area contributed by atoms with Crippen molar-refractivity contribution >= 4 is 23.4 Å². The highest BCUT2D eigenvalue weighted by atomic mass is 35.5. The summed E-state index contributed by atoms with van der Waals surface area (Å²) in [5.41, 5.74) is 0. The van der Waals surface area contributed by atoms with Crippen molar-refractivity contribution in [1.29, 1.82) is 0 Å². The number of thioether (sulfide) groups is 1. The summed E-state index contributed by atoms with van der Waals surface area (Å²) < 4.78 is 28.3. The van der Waals surface area contributed by atoms with Gasteiger partial charge < -0.3 is 4.74 Å². The van der Waals surface area contributed by atoms with Crippen molar-refractivity contribution in [1.82, 2.24) is 9.97 Å². The summed E-state index contributed by atoms with van der Waals surface area (Å²) in [6.07, 6.45) is -0.774. The third kappa shape index (κ3) is 3.63. The van der Waals surface area contributed by atoms with E-state index in [0.717, 1.165) is 0 Å². The molecule has 0 amide bonds. The third-order valence-corrected chi connectivity index (χ3v) is 1.93. The molecule has 0 spiro atoms. The number of ether oxygens (including phenoxy) is 1. The lowest BCUT2D eigenvalue weighted by Crippen LogP contribution is -2.08. The molecule has 0 saturated carbocycles. The van der Waals surface area contributed by atoms with Crippen LogP contribution in [0.25, 0.3) is 0 Å². The standard InChI is InChI=1S/C7H7ClF2N2OS/c1-14-7-11-4(8)2-6(12-7)13-3-5(9)10/h2,5H,3H2,1H3. The second-order valence-corrected chi connectivity index (χ2v) is 3.38. The average Bonchev–Trinajstić information content (AvgIpc) is 2.14. The SMILES string of the molecule is CSc1nc(Cl)cc(OCC(F)F)n1. The number of rotatable bonds is 4. The van der Waals surface area contributed by atoms with E-state index in [1.54, 1.807) is 6.26 Å². The van der Waals surface area contributed by atoms with Gasteiger partial charge >= 0.3 is 0 Å². The predicted molar refractivity (Wildman–Crippen MR) is 50.3 cm³/mol. The van der Waals surface area contributed by atoms with Crippen LogP contribution in [0.3, 0.4) is 0 Å². The molecule has 0 aliphatic heterocycles. The quantitative estimate of drug-likeness (QED) is 0.460. The maximum absolute atomic E-state index is 11.8. The molecule has 0 fully saturated rings. The fraction of sp³-hybridized carbons (Fsp3) is 0.429. The molecular formula is C7H7ClF2N2OS. The van der Waals surface area contributed by atoms with Gasteiger partial charge in [-0.15, -0.1) is 0 Å². The van der Waals surface area contributed by atoms with Gasteiger partial charge in [-0.05, 0) is 6.26 Å². The predicted octanol–water partition coefficient (Wildman–Crippen LogP) is 2.50. The zero-order chi connectivity index (χ0) is 10.6. The van der Waals surface area contributed by atoms with Crippen LogP contribution in [0.4, 0.5) is 8.78 Å². The highest BCUT2D eigenvalue weighted by molar-refractivity contribution is 7.98. The van der Waals surface area contributed by atoms with Crippen molar-refractivity contribution < 1.29 is 13.5 Å². The summed E-state index contributed by atoms with van der Waals surface area (Å²) in [6, 6.07) is 1.30. The van der Waals surface area contributed by atoms with Gasteiger partial charge in [0.2, 0.25) is 5.88 Å². The normalized spacial score (nSPS) is 10.6. The Kier molecular flexibility index (Phi) is 4.34. The van der Waals surface area contributed by atoms with Crippen LogP contribution < -0.4 is 4.74 Å². The maximum Gasteiger partial charge on any atom is 0.272 e. The number of nitrogens with zero attached hydrogens (tertiary/aromatic N) is 2. The molecule has 1 aromatic rings. The number of aromatic nitrogens is 2. The summed E-state index contributed by atoms with van der Waals surface area (Å²) >= 11 is 6.87. The summed E-state index contributed by atoms with van der Waals surface area (Å²) in [4.78, 5) is 7.67. The molecule has 3 nitrogen and oxygen atoms in total. The van der Waals surface area contributed by atoms with Crippen LogP contribution in [0.15, 0.2) is 11.2 Å². The van der Waals surface area contributed by atoms with Crippen molar-refractivity contribution in [3.8, 4) is 5.88 Å². The first-order chi connectivity index (χ1) is 6.61. The molecule has 1 aromatic heterocycles. The Labute approximate surface area is 88.8 Å². The molecule has 14 heavy (non-hydrogen) atoms. The Hall–Kier alpha value is -0.620. The number of halogens is 3. The Balaban J connectivity index is 2.71. The minimum absolute atomic E-state index is 0.0645. The van der Waals surface area contributed by atoms with E-state index in [1.807, 2.05) is 0 Å². The highest BCUT2D eigenvalue weighted by Crippen LogP contribution is 2.18. The molecule has 0 radical (unpaired) electrons. The van der Waals surface area contributed by atoms with Crippen LogP contribution in [0.5, 0.6) is 5.88 Å². The van der Waals surface area contributed by atoms with E-state index in [2.05, 4.69) is 9.97 Å². The number of hydrogen-bond donors (Lipinski definition) is 0. The van der Waals surface area contributed by atoms with Gasteiger partial charge in [0.15, 0.2) is 11.8 Å². The van der Waals surface area contributed by atoms with Crippen LogP contribution in [0.1, 0.15) is 0 Å². The highest BCUT2D eigenvalue weighted by Gasteiger charge is 2.07. The zero-order valence-electron chi connectivity index (χ0n) is 7.21. The van der Waals surface area contributed by atoms with Gasteiger partial charge in [0.1, 0.15) is 5.15 Å². The summed E-state index contributed by atoms with van der Waals surface area (Å²) in [7, 11) is 0. The van der Waals surface area contributed by atoms with Crippen LogP contribution in [-0.2, 0) is 0 Å². The van der Waals surface area contributed by atoms with Gasteiger partial charge in [0, 0.05) is 6.07 Å². The molecule has 7 heteroatoms. The van der Waals surface area contributed by atoms with E-state index >= 15 is 0 Å². The maximum atomic E-state index is 11.8. The first-order valence-corrected chi connectivity index (χ1v) is 5.21. The summed E-state index contributed by atoms with van der Waals surface area (Å²) in [6.45, 7) is -0.693. The molecule has 0 saturated heterocycles. The van der Waals surface area contributed by atoms with Gasteiger partial charge in [-0.1, -0.05) is 23.4 Å². The third-order valence-electron chi connectivity index (χ3n) is 1.19. The molecular weight excluding hydrogens is 234 g/mol. The minimum atomic E-state index is -2.53. The number of alkyl halides is 2. The lowest BCUT2D eigenvalue weighted by molar-refractivity contribution is 0.0791. The fourth-order valence-electron chi connectivity index (χ4n) is 0.691. The van der Waals surface area contributed by atoms with E-state index in [-0.39, 0.29) is 11.0 Å². The van der Waals surface area contributed by atoms with Crippen molar-refractivity contribution in [2.75, 3.05) is 12.9 Å². The topological polar surface area (TPSA) is 35.0 Å². The first-order valence-electron chi connectivity index (χ1n) is 3.61. The lowest BCUT2D eigenvalue weighted by Gasteiger charge is -2.05. The largest absolute Gasteiger partial charge is 0.471 e.